The van der Waals surface area contributed by atoms with Crippen LogP contribution in [0.25, 0.3) is 0 Å². The van der Waals surface area contributed by atoms with E-state index in [4.69, 9.17) is 0 Å². The monoisotopic (exact) mass is 326 g/mol. The van der Waals surface area contributed by atoms with Crippen LogP contribution in [-0.4, -0.2) is 26.9 Å². The third kappa shape index (κ3) is 5.77. The van der Waals surface area contributed by atoms with Crippen LogP contribution < -0.4 is 10.0 Å². The average molecular weight is 326 g/mol. The minimum Gasteiger partial charge on any atom is -0.350 e. The zero-order valence-electron chi connectivity index (χ0n) is 13.6. The highest BCUT2D eigenvalue weighted by Crippen LogP contribution is 2.12. The SMILES string of the molecule is CCCCNS(=O)(=O)c1cccc(C(=O)NC(C)CCC)c1. The summed E-state index contributed by atoms with van der Waals surface area (Å²) in [6.07, 6.45) is 3.58. The zero-order valence-corrected chi connectivity index (χ0v) is 14.4. The molecule has 1 aromatic carbocycles. The van der Waals surface area contributed by atoms with Gasteiger partial charge in [0.2, 0.25) is 10.0 Å². The van der Waals surface area contributed by atoms with Crippen LogP contribution in [0.5, 0.6) is 0 Å². The molecule has 0 radical (unpaired) electrons. The van der Waals surface area contributed by atoms with E-state index in [0.717, 1.165) is 25.7 Å². The molecule has 0 aliphatic heterocycles. The maximum Gasteiger partial charge on any atom is 0.251 e. The van der Waals surface area contributed by atoms with Gasteiger partial charge in [0.25, 0.3) is 5.91 Å². The van der Waals surface area contributed by atoms with E-state index in [9.17, 15) is 13.2 Å². The van der Waals surface area contributed by atoms with Gasteiger partial charge < -0.3 is 5.32 Å². The Balaban J connectivity index is 2.83. The summed E-state index contributed by atoms with van der Waals surface area (Å²) in [5.74, 6) is -0.244. The summed E-state index contributed by atoms with van der Waals surface area (Å²) >= 11 is 0. The molecule has 22 heavy (non-hydrogen) atoms. The van der Waals surface area contributed by atoms with E-state index >= 15 is 0 Å². The van der Waals surface area contributed by atoms with Crippen molar-refractivity contribution in [2.45, 2.75) is 57.4 Å². The van der Waals surface area contributed by atoms with E-state index in [1.807, 2.05) is 13.8 Å². The van der Waals surface area contributed by atoms with Crippen LogP contribution in [-0.2, 0) is 10.0 Å². The Labute approximate surface area is 133 Å². The topological polar surface area (TPSA) is 75.3 Å². The quantitative estimate of drug-likeness (QED) is 0.685. The molecule has 1 unspecified atom stereocenters. The van der Waals surface area contributed by atoms with Gasteiger partial charge in [0, 0.05) is 18.2 Å². The fraction of sp³-hybridized carbons (Fsp3) is 0.562. The smallest absolute Gasteiger partial charge is 0.251 e. The van der Waals surface area contributed by atoms with Crippen molar-refractivity contribution in [2.75, 3.05) is 6.54 Å². The number of rotatable bonds is 9. The van der Waals surface area contributed by atoms with E-state index in [2.05, 4.69) is 17.0 Å². The Morgan fingerprint density at radius 2 is 1.95 bits per heavy atom. The highest BCUT2D eigenvalue weighted by atomic mass is 32.2. The van der Waals surface area contributed by atoms with Crippen molar-refractivity contribution in [3.05, 3.63) is 29.8 Å². The van der Waals surface area contributed by atoms with Crippen LogP contribution in [0.2, 0.25) is 0 Å². The van der Waals surface area contributed by atoms with Gasteiger partial charge in [0.15, 0.2) is 0 Å². The molecule has 0 saturated heterocycles. The van der Waals surface area contributed by atoms with Gasteiger partial charge in [-0.3, -0.25) is 4.79 Å². The number of carbonyl (C=O) groups is 1. The Bertz CT molecular complexity index is 585. The fourth-order valence-electron chi connectivity index (χ4n) is 2.08. The van der Waals surface area contributed by atoms with Gasteiger partial charge in [0.05, 0.1) is 4.90 Å². The first-order valence-corrected chi connectivity index (χ1v) is 9.29. The van der Waals surface area contributed by atoms with Crippen molar-refractivity contribution in [3.63, 3.8) is 0 Å². The maximum absolute atomic E-state index is 12.2. The largest absolute Gasteiger partial charge is 0.350 e. The first-order valence-electron chi connectivity index (χ1n) is 7.81. The van der Waals surface area contributed by atoms with Gasteiger partial charge in [-0.25, -0.2) is 13.1 Å². The normalized spacial score (nSPS) is 12.9. The lowest BCUT2D eigenvalue weighted by Crippen LogP contribution is -2.32. The lowest BCUT2D eigenvalue weighted by Gasteiger charge is -2.13. The molecular weight excluding hydrogens is 300 g/mol. The van der Waals surface area contributed by atoms with Gasteiger partial charge in [-0.05, 0) is 38.0 Å². The molecular formula is C16H26N2O3S. The molecule has 124 valence electrons. The van der Waals surface area contributed by atoms with Crippen LogP contribution in [0.3, 0.4) is 0 Å². The molecule has 6 heteroatoms. The molecule has 0 heterocycles. The summed E-state index contributed by atoms with van der Waals surface area (Å²) in [5, 5.41) is 2.87. The van der Waals surface area contributed by atoms with Crippen molar-refractivity contribution in [2.24, 2.45) is 0 Å². The van der Waals surface area contributed by atoms with E-state index in [1.54, 1.807) is 12.1 Å². The lowest BCUT2D eigenvalue weighted by molar-refractivity contribution is 0.0938. The van der Waals surface area contributed by atoms with Crippen molar-refractivity contribution in [3.8, 4) is 0 Å². The fourth-order valence-corrected chi connectivity index (χ4v) is 3.20. The Morgan fingerprint density at radius 3 is 2.59 bits per heavy atom. The zero-order chi connectivity index (χ0) is 16.6. The summed E-state index contributed by atoms with van der Waals surface area (Å²) in [4.78, 5) is 12.3. The molecule has 5 nitrogen and oxygen atoms in total. The highest BCUT2D eigenvalue weighted by Gasteiger charge is 2.16. The minimum absolute atomic E-state index is 0.0699. The van der Waals surface area contributed by atoms with Gasteiger partial charge in [0.1, 0.15) is 0 Å². The summed E-state index contributed by atoms with van der Waals surface area (Å²) in [7, 11) is -3.56. The number of hydrogen-bond acceptors (Lipinski definition) is 3. The first-order chi connectivity index (χ1) is 10.4. The minimum atomic E-state index is -3.56. The molecule has 1 amide bonds. The van der Waals surface area contributed by atoms with Gasteiger partial charge in [-0.1, -0.05) is 32.8 Å². The number of sulfonamides is 1. The molecule has 2 N–H and O–H groups in total. The standard InChI is InChI=1S/C16H26N2O3S/c1-4-6-11-17-22(20,21)15-10-7-9-14(12-15)16(19)18-13(3)8-5-2/h7,9-10,12-13,17H,4-6,8,11H2,1-3H3,(H,18,19). The van der Waals surface area contributed by atoms with Gasteiger partial charge in [-0.15, -0.1) is 0 Å². The van der Waals surface area contributed by atoms with Crippen molar-refractivity contribution < 1.29 is 13.2 Å². The summed E-state index contributed by atoms with van der Waals surface area (Å²) < 4.78 is 26.9. The molecule has 0 fully saturated rings. The average Bonchev–Trinajstić information content (AvgIpc) is 2.47. The third-order valence-corrected chi connectivity index (χ3v) is 4.79. The van der Waals surface area contributed by atoms with Crippen molar-refractivity contribution >= 4 is 15.9 Å². The van der Waals surface area contributed by atoms with Crippen LogP contribution in [0.4, 0.5) is 0 Å². The second kappa shape index (κ2) is 8.90. The molecule has 1 aromatic rings. The van der Waals surface area contributed by atoms with Gasteiger partial charge in [-0.2, -0.15) is 0 Å². The summed E-state index contributed by atoms with van der Waals surface area (Å²) in [6, 6.07) is 6.20. The Hall–Kier alpha value is -1.40. The number of nitrogens with one attached hydrogen (secondary N) is 2. The number of hydrogen-bond donors (Lipinski definition) is 2. The highest BCUT2D eigenvalue weighted by molar-refractivity contribution is 7.89. The van der Waals surface area contributed by atoms with Crippen LogP contribution in [0, 0.1) is 0 Å². The number of benzene rings is 1. The van der Waals surface area contributed by atoms with Crippen molar-refractivity contribution in [1.82, 2.24) is 10.0 Å². The van der Waals surface area contributed by atoms with E-state index in [0.29, 0.717) is 12.1 Å². The molecule has 0 spiro atoms. The second-order valence-corrected chi connectivity index (χ2v) is 7.21. The molecule has 1 atom stereocenters. The first kappa shape index (κ1) is 18.6. The maximum atomic E-state index is 12.2. The van der Waals surface area contributed by atoms with Crippen LogP contribution in [0.1, 0.15) is 56.8 Å². The van der Waals surface area contributed by atoms with E-state index in [1.165, 1.54) is 12.1 Å². The summed E-state index contributed by atoms with van der Waals surface area (Å²) in [5.41, 5.74) is 0.362. The predicted molar refractivity (Wildman–Crippen MR) is 88.4 cm³/mol. The molecule has 0 aromatic heterocycles. The molecule has 0 saturated carbocycles. The number of amides is 1. The molecule has 0 aliphatic carbocycles. The number of carbonyl (C=O) groups excluding carboxylic acids is 1. The lowest BCUT2D eigenvalue weighted by atomic mass is 10.1. The van der Waals surface area contributed by atoms with Gasteiger partial charge >= 0.3 is 0 Å². The molecule has 1 rings (SSSR count). The Morgan fingerprint density at radius 1 is 1.23 bits per heavy atom. The predicted octanol–water partition coefficient (Wildman–Crippen LogP) is 2.68. The molecule has 0 bridgehead atoms. The summed E-state index contributed by atoms with van der Waals surface area (Å²) in [6.45, 7) is 6.39. The van der Waals surface area contributed by atoms with Crippen LogP contribution in [0.15, 0.2) is 29.2 Å². The van der Waals surface area contributed by atoms with Crippen molar-refractivity contribution in [1.29, 1.82) is 0 Å². The van der Waals surface area contributed by atoms with E-state index in [-0.39, 0.29) is 16.8 Å². The van der Waals surface area contributed by atoms with E-state index < -0.39 is 10.0 Å². The van der Waals surface area contributed by atoms with Crippen LogP contribution >= 0.6 is 0 Å². The Kier molecular flexibility index (Phi) is 7.55. The second-order valence-electron chi connectivity index (χ2n) is 5.44. The number of unbranched alkanes of at least 4 members (excludes halogenated alkanes) is 1. The third-order valence-electron chi connectivity index (χ3n) is 3.33. The molecule has 0 aliphatic rings.